The topological polar surface area (TPSA) is 163 Å². The molecule has 0 amide bonds. The fraction of sp³-hybridized carbons (Fsp3) is 0.143. The molecule has 2 aromatic rings. The number of nitrogens with two attached hydrogens (primary N) is 1. The second-order valence-corrected chi connectivity index (χ2v) is 4.47. The fourth-order valence-electron chi connectivity index (χ4n) is 1.22. The summed E-state index contributed by atoms with van der Waals surface area (Å²) < 4.78 is 20.6. The van der Waals surface area contributed by atoms with Crippen LogP contribution in [0.25, 0.3) is 11.2 Å². The number of phosphoric ester groups is 1. The number of rotatable bonds is 4. The van der Waals surface area contributed by atoms with Gasteiger partial charge in [-0.2, -0.15) is 4.98 Å². The smallest absolute Gasteiger partial charge is 0.370 e. The van der Waals surface area contributed by atoms with E-state index in [1.165, 1.54) is 12.4 Å². The number of fused-ring (bicyclic) bond motifs is 1. The quantitative estimate of drug-likeness (QED) is 0.435. The van der Waals surface area contributed by atoms with Crippen molar-refractivity contribution in [2.24, 2.45) is 0 Å². The summed E-state index contributed by atoms with van der Waals surface area (Å²) in [5.41, 5.74) is 4.21. The maximum absolute atomic E-state index is 11.5. The predicted molar refractivity (Wildman–Crippen MR) is 60.6 cm³/mol. The van der Waals surface area contributed by atoms with Gasteiger partial charge >= 0.3 is 13.4 Å². The van der Waals surface area contributed by atoms with Crippen LogP contribution in [0.3, 0.4) is 0 Å². The van der Waals surface area contributed by atoms with Crippen molar-refractivity contribution in [3.63, 3.8) is 0 Å². The van der Waals surface area contributed by atoms with E-state index in [-0.39, 0.29) is 11.2 Å². The van der Waals surface area contributed by atoms with E-state index in [9.17, 15) is 14.3 Å². The first-order valence-corrected chi connectivity index (χ1v) is 6.21. The maximum Gasteiger partial charge on any atom is 0.548 e. The Labute approximate surface area is 104 Å². The van der Waals surface area contributed by atoms with Crippen LogP contribution >= 0.6 is 7.82 Å². The third-order valence-electron chi connectivity index (χ3n) is 1.90. The maximum atomic E-state index is 11.5. The molecule has 0 bridgehead atoms. The van der Waals surface area contributed by atoms with Gasteiger partial charge in [-0.3, -0.25) is 9.69 Å². The van der Waals surface area contributed by atoms with Crippen molar-refractivity contribution >= 4 is 24.9 Å². The average molecular weight is 289 g/mol. The zero-order valence-corrected chi connectivity index (χ0v) is 10.1. The van der Waals surface area contributed by atoms with Gasteiger partial charge in [0.15, 0.2) is 12.3 Å². The predicted octanol–water partition coefficient (Wildman–Crippen LogP) is -1.74. The Kier molecular flexibility index (Phi) is 3.44. The molecule has 0 fully saturated rings. The van der Waals surface area contributed by atoms with E-state index in [4.69, 9.17) is 10.8 Å². The van der Waals surface area contributed by atoms with Gasteiger partial charge in [-0.25, -0.2) is 19.1 Å². The van der Waals surface area contributed by atoms with E-state index in [1.54, 1.807) is 0 Å². The van der Waals surface area contributed by atoms with E-state index >= 15 is 0 Å². The SMILES string of the molecule is Nc1nc(=O)c2nccnc2n1OP(=O)(O)OCO. The van der Waals surface area contributed by atoms with Crippen LogP contribution in [0, 0.1) is 0 Å². The summed E-state index contributed by atoms with van der Waals surface area (Å²) in [5, 5.41) is 8.44. The Morgan fingerprint density at radius 2 is 2.11 bits per heavy atom. The highest BCUT2D eigenvalue weighted by Crippen LogP contribution is 2.39. The highest BCUT2D eigenvalue weighted by molar-refractivity contribution is 7.47. The van der Waals surface area contributed by atoms with Gasteiger partial charge in [-0.05, 0) is 0 Å². The molecule has 2 aromatic heterocycles. The van der Waals surface area contributed by atoms with Crippen LogP contribution in [-0.4, -0.2) is 36.5 Å². The Morgan fingerprint density at radius 3 is 2.79 bits per heavy atom. The Bertz CT molecular complexity index is 717. The number of hydrogen-bond donors (Lipinski definition) is 3. The number of aliphatic hydroxyl groups is 1. The van der Waals surface area contributed by atoms with Crippen molar-refractivity contribution in [1.82, 2.24) is 19.7 Å². The van der Waals surface area contributed by atoms with Crippen molar-refractivity contribution in [3.05, 3.63) is 22.7 Å². The molecule has 0 aliphatic rings. The summed E-state index contributed by atoms with van der Waals surface area (Å²) in [7, 11) is -4.64. The number of phosphoric acid groups is 1. The lowest BCUT2D eigenvalue weighted by Gasteiger charge is -2.15. The molecule has 1 atom stereocenters. The molecule has 0 aliphatic heterocycles. The molecule has 2 heterocycles. The fourth-order valence-corrected chi connectivity index (χ4v) is 1.78. The van der Waals surface area contributed by atoms with Gasteiger partial charge in [0, 0.05) is 12.4 Å². The molecule has 12 heteroatoms. The Morgan fingerprint density at radius 1 is 1.42 bits per heavy atom. The molecular formula is C7H8N5O6P. The second kappa shape index (κ2) is 4.90. The van der Waals surface area contributed by atoms with Crippen LogP contribution in [0.2, 0.25) is 0 Å². The molecule has 0 saturated heterocycles. The van der Waals surface area contributed by atoms with Gasteiger partial charge in [0.2, 0.25) is 11.6 Å². The van der Waals surface area contributed by atoms with Crippen LogP contribution in [0.4, 0.5) is 5.95 Å². The number of aliphatic hydroxyl groups excluding tert-OH is 1. The van der Waals surface area contributed by atoms with Crippen molar-refractivity contribution < 1.29 is 23.7 Å². The van der Waals surface area contributed by atoms with Crippen LogP contribution in [0.15, 0.2) is 17.2 Å². The molecule has 2 rings (SSSR count). The number of nitrogen functional groups attached to an aromatic ring is 1. The molecule has 0 aliphatic carbocycles. The number of nitrogens with zero attached hydrogens (tertiary/aromatic N) is 4. The first-order chi connectivity index (χ1) is 8.94. The largest absolute Gasteiger partial charge is 0.548 e. The normalized spacial score (nSPS) is 14.2. The van der Waals surface area contributed by atoms with E-state index in [0.29, 0.717) is 4.73 Å². The van der Waals surface area contributed by atoms with Gasteiger partial charge in [0.25, 0.3) is 0 Å². The summed E-state index contributed by atoms with van der Waals surface area (Å²) in [6, 6.07) is 0. The van der Waals surface area contributed by atoms with E-state index < -0.39 is 26.1 Å². The molecule has 4 N–H and O–H groups in total. The molecule has 0 aromatic carbocycles. The van der Waals surface area contributed by atoms with Crippen LogP contribution in [0.5, 0.6) is 0 Å². The Balaban J connectivity index is 2.61. The minimum atomic E-state index is -4.64. The molecule has 1 unspecified atom stereocenters. The highest BCUT2D eigenvalue weighted by atomic mass is 31.2. The summed E-state index contributed by atoms with van der Waals surface area (Å²) in [5.74, 6) is -0.520. The minimum absolute atomic E-state index is 0.208. The van der Waals surface area contributed by atoms with Gasteiger partial charge in [-0.15, -0.1) is 4.73 Å². The summed E-state index contributed by atoms with van der Waals surface area (Å²) in [4.78, 5) is 31.5. The van der Waals surface area contributed by atoms with Crippen molar-refractivity contribution in [2.75, 3.05) is 12.5 Å². The lowest BCUT2D eigenvalue weighted by atomic mass is 10.5. The van der Waals surface area contributed by atoms with Gasteiger partial charge < -0.3 is 15.5 Å². The highest BCUT2D eigenvalue weighted by Gasteiger charge is 2.26. The van der Waals surface area contributed by atoms with Crippen LogP contribution < -0.4 is 15.9 Å². The van der Waals surface area contributed by atoms with Crippen LogP contribution in [0.1, 0.15) is 0 Å². The molecule has 102 valence electrons. The second-order valence-electron chi connectivity index (χ2n) is 3.11. The minimum Gasteiger partial charge on any atom is -0.370 e. The van der Waals surface area contributed by atoms with Crippen molar-refractivity contribution in [2.45, 2.75) is 0 Å². The zero-order chi connectivity index (χ0) is 14.0. The van der Waals surface area contributed by atoms with Gasteiger partial charge in [0.1, 0.15) is 0 Å². The first-order valence-electron chi connectivity index (χ1n) is 4.72. The number of aromatic nitrogens is 4. The Hall–Kier alpha value is -2.07. The lowest BCUT2D eigenvalue weighted by molar-refractivity contribution is 0.0505. The summed E-state index contributed by atoms with van der Waals surface area (Å²) >= 11 is 0. The first kappa shape index (κ1) is 13.4. The third-order valence-corrected chi connectivity index (χ3v) is 2.72. The average Bonchev–Trinajstić information content (AvgIpc) is 2.34. The monoisotopic (exact) mass is 289 g/mol. The van der Waals surface area contributed by atoms with Crippen molar-refractivity contribution in [3.8, 4) is 0 Å². The molecule has 0 saturated carbocycles. The lowest BCUT2D eigenvalue weighted by Crippen LogP contribution is -2.23. The molecule has 11 nitrogen and oxygen atoms in total. The standard InChI is InChI=1S/C7H8N5O6P/c8-7-11-6(14)4-5(10-2-1-9-4)12(7)18-19(15,16)17-3-13/h1-2,13H,3H2,(H,15,16)(H2,8,11,14). The van der Waals surface area contributed by atoms with Crippen molar-refractivity contribution in [1.29, 1.82) is 0 Å². The van der Waals surface area contributed by atoms with Gasteiger partial charge in [0.05, 0.1) is 0 Å². The number of hydrogen-bond acceptors (Lipinski definition) is 9. The molecule has 0 spiro atoms. The molecule has 19 heavy (non-hydrogen) atoms. The number of anilines is 1. The molecular weight excluding hydrogens is 281 g/mol. The van der Waals surface area contributed by atoms with E-state index in [2.05, 4.69) is 24.1 Å². The van der Waals surface area contributed by atoms with Crippen LogP contribution in [-0.2, 0) is 9.09 Å². The third kappa shape index (κ3) is 2.69. The molecule has 0 radical (unpaired) electrons. The van der Waals surface area contributed by atoms with E-state index in [0.717, 1.165) is 0 Å². The summed E-state index contributed by atoms with van der Waals surface area (Å²) in [6.07, 6.45) is 2.45. The van der Waals surface area contributed by atoms with E-state index in [1.807, 2.05) is 0 Å². The zero-order valence-electron chi connectivity index (χ0n) is 9.20. The summed E-state index contributed by atoms with van der Waals surface area (Å²) in [6.45, 7) is -1.05. The van der Waals surface area contributed by atoms with Gasteiger partial charge in [-0.1, -0.05) is 0 Å².